The van der Waals surface area contributed by atoms with Gasteiger partial charge in [-0.15, -0.1) is 0 Å². The molecule has 29 heavy (non-hydrogen) atoms. The Balaban J connectivity index is 1.55. The quantitative estimate of drug-likeness (QED) is 0.727. The summed E-state index contributed by atoms with van der Waals surface area (Å²) in [7, 11) is 0. The molecule has 1 N–H and O–H groups in total. The lowest BCUT2D eigenvalue weighted by Crippen LogP contribution is -2.33. The van der Waals surface area contributed by atoms with Crippen molar-refractivity contribution in [2.45, 2.75) is 51.6 Å². The molecule has 3 rings (SSSR count). The van der Waals surface area contributed by atoms with E-state index in [0.717, 1.165) is 15.4 Å². The Hall–Kier alpha value is -2.53. The molecule has 0 spiro atoms. The first-order valence-corrected chi connectivity index (χ1v) is 8.98. The number of hydrogen-bond donors (Lipinski definition) is 1. The first-order valence-electron chi connectivity index (χ1n) is 8.98. The summed E-state index contributed by atoms with van der Waals surface area (Å²) in [5.41, 5.74) is -1.36. The van der Waals surface area contributed by atoms with Crippen molar-refractivity contribution < 1.29 is 31.1 Å². The molecule has 0 unspecified atom stereocenters. The molecule has 2 aromatic heterocycles. The Morgan fingerprint density at radius 3 is 2.52 bits per heavy atom. The predicted molar refractivity (Wildman–Crippen MR) is 88.7 cm³/mol. The molecule has 1 amide bonds. The van der Waals surface area contributed by atoms with Crippen LogP contribution in [0.25, 0.3) is 0 Å². The Bertz CT molecular complexity index is 882. The molecular formula is C17H19F6N5O. The fraction of sp³-hybridized carbons (Fsp3) is 0.588. The van der Waals surface area contributed by atoms with E-state index in [1.807, 2.05) is 0 Å². The standard InChI is InChI=1S/C17H19F6N5O/c1-10(8-27-6-5-13(25-27)16(18,19)20)7-24-14(29)9-28-12-4-2-3-11(12)15(26-28)17(21,22)23/h5-6,10H,2-4,7-9H2,1H3,(H,24,29)/t10-/m0/s1. The van der Waals surface area contributed by atoms with Gasteiger partial charge in [0.2, 0.25) is 5.91 Å². The maximum Gasteiger partial charge on any atom is 0.435 e. The van der Waals surface area contributed by atoms with Crippen molar-refractivity contribution in [1.82, 2.24) is 24.9 Å². The van der Waals surface area contributed by atoms with Gasteiger partial charge in [-0.1, -0.05) is 6.92 Å². The number of fused-ring (bicyclic) bond motifs is 1. The van der Waals surface area contributed by atoms with Crippen molar-refractivity contribution in [2.75, 3.05) is 6.54 Å². The monoisotopic (exact) mass is 423 g/mol. The Morgan fingerprint density at radius 1 is 1.17 bits per heavy atom. The number of nitrogens with one attached hydrogen (secondary N) is 1. The molecule has 1 atom stereocenters. The van der Waals surface area contributed by atoms with Gasteiger partial charge in [0.25, 0.3) is 0 Å². The highest BCUT2D eigenvalue weighted by molar-refractivity contribution is 5.75. The number of aromatic nitrogens is 4. The van der Waals surface area contributed by atoms with Crippen molar-refractivity contribution in [2.24, 2.45) is 5.92 Å². The highest BCUT2D eigenvalue weighted by Gasteiger charge is 2.40. The molecule has 0 aromatic carbocycles. The normalized spacial score (nSPS) is 15.4. The number of amides is 1. The van der Waals surface area contributed by atoms with Crippen molar-refractivity contribution in [1.29, 1.82) is 0 Å². The highest BCUT2D eigenvalue weighted by Crippen LogP contribution is 2.36. The summed E-state index contributed by atoms with van der Waals surface area (Å²) in [6.07, 6.45) is -6.59. The largest absolute Gasteiger partial charge is 0.435 e. The van der Waals surface area contributed by atoms with Gasteiger partial charge in [0.1, 0.15) is 6.54 Å². The molecule has 6 nitrogen and oxygen atoms in total. The molecular weight excluding hydrogens is 404 g/mol. The second-order valence-electron chi connectivity index (χ2n) is 7.11. The molecule has 2 heterocycles. The SMILES string of the molecule is C[C@@H](CNC(=O)Cn1nc(C(F)(F)F)c2c1CCC2)Cn1ccc(C(F)(F)F)n1. The van der Waals surface area contributed by atoms with E-state index in [9.17, 15) is 31.1 Å². The van der Waals surface area contributed by atoms with Gasteiger partial charge in [0.15, 0.2) is 11.4 Å². The van der Waals surface area contributed by atoms with Crippen LogP contribution in [0.1, 0.15) is 36.0 Å². The fourth-order valence-electron chi connectivity index (χ4n) is 3.35. The second-order valence-corrected chi connectivity index (χ2v) is 7.11. The van der Waals surface area contributed by atoms with Crippen LogP contribution in [0.4, 0.5) is 26.3 Å². The minimum absolute atomic E-state index is 0.135. The minimum Gasteiger partial charge on any atom is -0.354 e. The molecule has 2 aromatic rings. The van der Waals surface area contributed by atoms with E-state index < -0.39 is 29.6 Å². The van der Waals surface area contributed by atoms with E-state index >= 15 is 0 Å². The molecule has 0 saturated heterocycles. The molecule has 0 fully saturated rings. The average molecular weight is 423 g/mol. The van der Waals surface area contributed by atoms with Crippen molar-refractivity contribution in [3.05, 3.63) is 34.9 Å². The van der Waals surface area contributed by atoms with E-state index in [-0.39, 0.29) is 37.5 Å². The number of carbonyl (C=O) groups excluding carboxylic acids is 1. The van der Waals surface area contributed by atoms with Crippen molar-refractivity contribution in [3.63, 3.8) is 0 Å². The van der Waals surface area contributed by atoms with Crippen LogP contribution in [0.5, 0.6) is 0 Å². The van der Waals surface area contributed by atoms with E-state index in [4.69, 9.17) is 0 Å². The van der Waals surface area contributed by atoms with Gasteiger partial charge >= 0.3 is 12.4 Å². The summed E-state index contributed by atoms with van der Waals surface area (Å²) >= 11 is 0. The minimum atomic E-state index is -4.57. The van der Waals surface area contributed by atoms with Gasteiger partial charge in [0.05, 0.1) is 0 Å². The Labute approximate surface area is 161 Å². The molecule has 0 saturated carbocycles. The fourth-order valence-corrected chi connectivity index (χ4v) is 3.35. The van der Waals surface area contributed by atoms with Crippen LogP contribution in [0.3, 0.4) is 0 Å². The third-order valence-corrected chi connectivity index (χ3v) is 4.65. The Kier molecular flexibility index (Phi) is 5.63. The predicted octanol–water partition coefficient (Wildman–Crippen LogP) is 3.06. The van der Waals surface area contributed by atoms with Gasteiger partial charge < -0.3 is 5.32 Å². The number of hydrogen-bond acceptors (Lipinski definition) is 3. The lowest BCUT2D eigenvalue weighted by molar-refractivity contribution is -0.142. The Morgan fingerprint density at radius 2 is 1.90 bits per heavy atom. The second kappa shape index (κ2) is 7.71. The zero-order chi connectivity index (χ0) is 21.4. The molecule has 160 valence electrons. The maximum atomic E-state index is 13.1. The summed E-state index contributed by atoms with van der Waals surface area (Å²) in [6.45, 7) is 1.65. The van der Waals surface area contributed by atoms with E-state index in [1.165, 1.54) is 6.20 Å². The lowest BCUT2D eigenvalue weighted by atomic mass is 10.2. The van der Waals surface area contributed by atoms with E-state index in [2.05, 4.69) is 15.5 Å². The highest BCUT2D eigenvalue weighted by atomic mass is 19.4. The number of nitrogens with zero attached hydrogens (tertiary/aromatic N) is 4. The van der Waals surface area contributed by atoms with E-state index in [1.54, 1.807) is 6.92 Å². The topological polar surface area (TPSA) is 64.7 Å². The molecule has 0 aliphatic heterocycles. The zero-order valence-corrected chi connectivity index (χ0v) is 15.4. The van der Waals surface area contributed by atoms with Crippen molar-refractivity contribution >= 4 is 5.91 Å². The lowest BCUT2D eigenvalue weighted by Gasteiger charge is -2.13. The molecule has 1 aliphatic carbocycles. The van der Waals surface area contributed by atoms with Crippen molar-refractivity contribution in [3.8, 4) is 0 Å². The first-order chi connectivity index (χ1) is 13.4. The molecule has 12 heteroatoms. The summed E-state index contributed by atoms with van der Waals surface area (Å²) in [5, 5.41) is 9.60. The van der Waals surface area contributed by atoms with Crippen LogP contribution in [0, 0.1) is 5.92 Å². The van der Waals surface area contributed by atoms with Crippen LogP contribution in [0.2, 0.25) is 0 Å². The smallest absolute Gasteiger partial charge is 0.354 e. The van der Waals surface area contributed by atoms with Gasteiger partial charge in [0, 0.05) is 30.5 Å². The van der Waals surface area contributed by atoms with Crippen LogP contribution in [0.15, 0.2) is 12.3 Å². The van der Waals surface area contributed by atoms with Gasteiger partial charge in [-0.05, 0) is 31.2 Å². The summed E-state index contributed by atoms with van der Waals surface area (Å²) < 4.78 is 79.1. The van der Waals surface area contributed by atoms with Crippen LogP contribution >= 0.6 is 0 Å². The number of halogens is 6. The van der Waals surface area contributed by atoms with Gasteiger partial charge in [-0.3, -0.25) is 14.2 Å². The third-order valence-electron chi connectivity index (χ3n) is 4.65. The molecule has 0 bridgehead atoms. The number of carbonyl (C=O) groups is 1. The molecule has 0 radical (unpaired) electrons. The van der Waals surface area contributed by atoms with Crippen LogP contribution in [-0.2, 0) is 43.1 Å². The maximum absolute atomic E-state index is 13.1. The average Bonchev–Trinajstić information content (AvgIpc) is 3.29. The van der Waals surface area contributed by atoms with Crippen LogP contribution < -0.4 is 5.32 Å². The van der Waals surface area contributed by atoms with Crippen LogP contribution in [-0.4, -0.2) is 32.0 Å². The van der Waals surface area contributed by atoms with Gasteiger partial charge in [-0.25, -0.2) is 0 Å². The summed E-state index contributed by atoms with van der Waals surface area (Å²) in [5.74, 6) is -0.756. The number of rotatable bonds is 6. The first kappa shape index (κ1) is 21.2. The van der Waals surface area contributed by atoms with E-state index in [0.29, 0.717) is 18.5 Å². The summed E-state index contributed by atoms with van der Waals surface area (Å²) in [4.78, 5) is 12.1. The number of alkyl halides is 6. The zero-order valence-electron chi connectivity index (χ0n) is 15.4. The van der Waals surface area contributed by atoms with Gasteiger partial charge in [-0.2, -0.15) is 36.5 Å². The molecule has 1 aliphatic rings. The third kappa shape index (κ3) is 4.91. The summed E-state index contributed by atoms with van der Waals surface area (Å²) in [6, 6.07) is 0.863.